The van der Waals surface area contributed by atoms with Gasteiger partial charge in [-0.15, -0.1) is 0 Å². The van der Waals surface area contributed by atoms with Crippen LogP contribution in [0.25, 0.3) is 0 Å². The highest BCUT2D eigenvalue weighted by molar-refractivity contribution is 4.71. The summed E-state index contributed by atoms with van der Waals surface area (Å²) in [6.07, 6.45) is 8.97. The predicted octanol–water partition coefficient (Wildman–Crippen LogP) is 2.66. The molecule has 2 heteroatoms. The van der Waals surface area contributed by atoms with Gasteiger partial charge in [0.2, 0.25) is 0 Å². The Morgan fingerprint density at radius 3 is 2.73 bits per heavy atom. The van der Waals surface area contributed by atoms with Crippen LogP contribution in [-0.2, 0) is 0 Å². The van der Waals surface area contributed by atoms with Crippen LogP contribution < -0.4 is 0 Å². The van der Waals surface area contributed by atoms with Gasteiger partial charge >= 0.3 is 0 Å². The van der Waals surface area contributed by atoms with E-state index >= 15 is 0 Å². The minimum absolute atomic E-state index is 0.363. The van der Waals surface area contributed by atoms with Gasteiger partial charge in [0.05, 0.1) is 0 Å². The number of aliphatic hydroxyl groups excluding tert-OH is 1. The number of hydrogen-bond donors (Lipinski definition) is 1. The third-order valence-corrected chi connectivity index (χ3v) is 3.56. The molecule has 0 aromatic carbocycles. The van der Waals surface area contributed by atoms with Gasteiger partial charge in [0.1, 0.15) is 0 Å². The number of unbranched alkanes of at least 4 members (excludes halogenated alkanes) is 3. The van der Waals surface area contributed by atoms with E-state index in [0.717, 1.165) is 12.3 Å². The first kappa shape index (κ1) is 13.0. The molecule has 1 aliphatic heterocycles. The standard InChI is InChI=1S/C13H27NO/c1-2-13-8-7-10-14(12-13)9-5-3-4-6-11-15/h13,15H,2-12H2,1H3. The number of piperidine rings is 1. The molecule has 1 aliphatic rings. The van der Waals surface area contributed by atoms with Crippen LogP contribution in [-0.4, -0.2) is 36.2 Å². The topological polar surface area (TPSA) is 23.5 Å². The average Bonchev–Trinajstić information content (AvgIpc) is 2.29. The van der Waals surface area contributed by atoms with Gasteiger partial charge < -0.3 is 10.0 Å². The Hall–Kier alpha value is -0.0800. The first-order chi connectivity index (χ1) is 7.36. The Bertz CT molecular complexity index is 149. The van der Waals surface area contributed by atoms with Crippen molar-refractivity contribution in [2.45, 2.75) is 51.9 Å². The Balaban J connectivity index is 2.00. The molecule has 1 saturated heterocycles. The van der Waals surface area contributed by atoms with Gasteiger partial charge in [0.25, 0.3) is 0 Å². The van der Waals surface area contributed by atoms with Crippen LogP contribution in [0.15, 0.2) is 0 Å². The van der Waals surface area contributed by atoms with Gasteiger partial charge in [-0.2, -0.15) is 0 Å². The number of aliphatic hydroxyl groups is 1. The molecule has 0 bridgehead atoms. The monoisotopic (exact) mass is 213 g/mol. The summed E-state index contributed by atoms with van der Waals surface area (Å²) in [5, 5.41) is 8.67. The average molecular weight is 213 g/mol. The zero-order valence-electron chi connectivity index (χ0n) is 10.2. The van der Waals surface area contributed by atoms with Crippen LogP contribution in [0.4, 0.5) is 0 Å². The highest BCUT2D eigenvalue weighted by Gasteiger charge is 2.17. The third kappa shape index (κ3) is 5.53. The molecule has 0 aromatic heterocycles. The molecule has 0 radical (unpaired) electrons. The first-order valence-corrected chi connectivity index (χ1v) is 6.70. The van der Waals surface area contributed by atoms with Crippen molar-refractivity contribution in [3.63, 3.8) is 0 Å². The van der Waals surface area contributed by atoms with Crippen molar-refractivity contribution in [3.8, 4) is 0 Å². The minimum Gasteiger partial charge on any atom is -0.396 e. The molecule has 1 fully saturated rings. The summed E-state index contributed by atoms with van der Waals surface area (Å²) in [6, 6.07) is 0. The van der Waals surface area contributed by atoms with E-state index in [1.807, 2.05) is 0 Å². The summed E-state index contributed by atoms with van der Waals surface area (Å²) in [5.74, 6) is 0.955. The van der Waals surface area contributed by atoms with Gasteiger partial charge in [-0.05, 0) is 44.7 Å². The second-order valence-electron chi connectivity index (χ2n) is 4.85. The SMILES string of the molecule is CCC1CCCN(CCCCCCO)C1. The van der Waals surface area contributed by atoms with Crippen LogP contribution in [0.1, 0.15) is 51.9 Å². The quantitative estimate of drug-likeness (QED) is 0.657. The molecular weight excluding hydrogens is 186 g/mol. The van der Waals surface area contributed by atoms with Crippen LogP contribution >= 0.6 is 0 Å². The molecule has 2 nitrogen and oxygen atoms in total. The summed E-state index contributed by atoms with van der Waals surface area (Å²) in [6.45, 7) is 6.60. The zero-order valence-corrected chi connectivity index (χ0v) is 10.2. The highest BCUT2D eigenvalue weighted by Crippen LogP contribution is 2.19. The fourth-order valence-electron chi connectivity index (χ4n) is 2.49. The van der Waals surface area contributed by atoms with Gasteiger partial charge in [-0.3, -0.25) is 0 Å². The summed E-state index contributed by atoms with van der Waals surface area (Å²) in [7, 11) is 0. The van der Waals surface area contributed by atoms with Crippen molar-refractivity contribution >= 4 is 0 Å². The Kier molecular flexibility index (Phi) is 7.03. The van der Waals surface area contributed by atoms with E-state index in [4.69, 9.17) is 5.11 Å². The molecule has 90 valence electrons. The zero-order chi connectivity index (χ0) is 10.9. The number of likely N-dealkylation sites (tertiary alicyclic amines) is 1. The van der Waals surface area contributed by atoms with Gasteiger partial charge in [-0.1, -0.05) is 26.2 Å². The second kappa shape index (κ2) is 8.12. The summed E-state index contributed by atoms with van der Waals surface area (Å²) >= 11 is 0. The lowest BCUT2D eigenvalue weighted by molar-refractivity contribution is 0.168. The van der Waals surface area contributed by atoms with Gasteiger partial charge in [-0.25, -0.2) is 0 Å². The summed E-state index contributed by atoms with van der Waals surface area (Å²) < 4.78 is 0. The molecule has 15 heavy (non-hydrogen) atoms. The van der Waals surface area contributed by atoms with Crippen LogP contribution in [0.3, 0.4) is 0 Å². The van der Waals surface area contributed by atoms with E-state index < -0.39 is 0 Å². The number of nitrogens with zero attached hydrogens (tertiary/aromatic N) is 1. The third-order valence-electron chi connectivity index (χ3n) is 3.56. The lowest BCUT2D eigenvalue weighted by Crippen LogP contribution is -2.35. The van der Waals surface area contributed by atoms with Crippen LogP contribution in [0, 0.1) is 5.92 Å². The van der Waals surface area contributed by atoms with Crippen molar-refractivity contribution < 1.29 is 5.11 Å². The van der Waals surface area contributed by atoms with E-state index in [-0.39, 0.29) is 0 Å². The second-order valence-corrected chi connectivity index (χ2v) is 4.85. The van der Waals surface area contributed by atoms with Gasteiger partial charge in [0.15, 0.2) is 0 Å². The molecule has 0 spiro atoms. The van der Waals surface area contributed by atoms with Crippen molar-refractivity contribution in [2.75, 3.05) is 26.2 Å². The van der Waals surface area contributed by atoms with Crippen molar-refractivity contribution in [1.82, 2.24) is 4.90 Å². The number of rotatable bonds is 7. The van der Waals surface area contributed by atoms with Crippen molar-refractivity contribution in [1.29, 1.82) is 0 Å². The van der Waals surface area contributed by atoms with Gasteiger partial charge in [0, 0.05) is 13.2 Å². The van der Waals surface area contributed by atoms with E-state index in [0.29, 0.717) is 6.61 Å². The molecule has 1 atom stereocenters. The molecule has 1 unspecified atom stereocenters. The molecule has 1 rings (SSSR count). The maximum Gasteiger partial charge on any atom is 0.0431 e. The minimum atomic E-state index is 0.363. The van der Waals surface area contributed by atoms with Crippen LogP contribution in [0.2, 0.25) is 0 Å². The Labute approximate surface area is 94.7 Å². The molecular formula is C13H27NO. The lowest BCUT2D eigenvalue weighted by Gasteiger charge is -2.32. The Morgan fingerprint density at radius 1 is 1.20 bits per heavy atom. The lowest BCUT2D eigenvalue weighted by atomic mass is 9.95. The smallest absolute Gasteiger partial charge is 0.0431 e. The first-order valence-electron chi connectivity index (χ1n) is 6.70. The molecule has 0 aromatic rings. The number of hydrogen-bond acceptors (Lipinski definition) is 2. The fourth-order valence-corrected chi connectivity index (χ4v) is 2.49. The van der Waals surface area contributed by atoms with E-state index in [1.54, 1.807) is 0 Å². The molecule has 1 N–H and O–H groups in total. The van der Waals surface area contributed by atoms with E-state index in [2.05, 4.69) is 11.8 Å². The van der Waals surface area contributed by atoms with Crippen molar-refractivity contribution in [3.05, 3.63) is 0 Å². The summed E-state index contributed by atoms with van der Waals surface area (Å²) in [4.78, 5) is 2.64. The van der Waals surface area contributed by atoms with Crippen molar-refractivity contribution in [2.24, 2.45) is 5.92 Å². The van der Waals surface area contributed by atoms with E-state index in [9.17, 15) is 0 Å². The Morgan fingerprint density at radius 2 is 2.00 bits per heavy atom. The normalized spacial score (nSPS) is 23.2. The highest BCUT2D eigenvalue weighted by atomic mass is 16.2. The maximum absolute atomic E-state index is 8.67. The molecule has 0 saturated carbocycles. The van der Waals surface area contributed by atoms with E-state index in [1.165, 1.54) is 58.2 Å². The molecule has 0 amide bonds. The molecule has 1 heterocycles. The van der Waals surface area contributed by atoms with Crippen LogP contribution in [0.5, 0.6) is 0 Å². The predicted molar refractivity (Wildman–Crippen MR) is 65.0 cm³/mol. The molecule has 0 aliphatic carbocycles. The maximum atomic E-state index is 8.67. The fraction of sp³-hybridized carbons (Fsp3) is 1.00. The largest absolute Gasteiger partial charge is 0.396 e. The summed E-state index contributed by atoms with van der Waals surface area (Å²) in [5.41, 5.74) is 0.